The first-order valence-corrected chi connectivity index (χ1v) is 10.2. The number of nitrogens with zero attached hydrogens (tertiary/aromatic N) is 2. The van der Waals surface area contributed by atoms with E-state index in [2.05, 4.69) is 20.5 Å². The Morgan fingerprint density at radius 3 is 2.50 bits per heavy atom. The van der Waals surface area contributed by atoms with E-state index < -0.39 is 0 Å². The summed E-state index contributed by atoms with van der Waals surface area (Å²) in [7, 11) is 1.86. The summed E-state index contributed by atoms with van der Waals surface area (Å²) >= 11 is 0. The summed E-state index contributed by atoms with van der Waals surface area (Å²) in [6, 6.07) is 1.46. The second-order valence-corrected chi connectivity index (χ2v) is 7.67. The van der Waals surface area contributed by atoms with Gasteiger partial charge in [0, 0.05) is 65.2 Å². The molecule has 1 saturated carbocycles. The Balaban J connectivity index is 0.00000243. The van der Waals surface area contributed by atoms with Crippen LogP contribution in [-0.4, -0.2) is 76.1 Å². The molecular formula is C19H37IN4O2. The number of guanidine groups is 1. The molecule has 0 bridgehead atoms. The van der Waals surface area contributed by atoms with E-state index in [0.717, 1.165) is 64.2 Å². The molecule has 152 valence electrons. The number of rotatable bonds is 8. The zero-order chi connectivity index (χ0) is 17.3. The van der Waals surface area contributed by atoms with E-state index in [1.807, 2.05) is 7.05 Å². The lowest BCUT2D eigenvalue weighted by Gasteiger charge is -2.33. The molecule has 2 aliphatic heterocycles. The molecule has 2 saturated heterocycles. The molecule has 0 aromatic rings. The molecule has 3 rings (SSSR count). The highest BCUT2D eigenvalue weighted by molar-refractivity contribution is 14.0. The molecule has 6 nitrogen and oxygen atoms in total. The standard InChI is InChI=1S/C19H36N4O2.HI/c1-20-19(22-17-5-10-23(11-6-17)18-3-4-18)21-9-2-12-25-15-16-7-13-24-14-8-16;/h16-18H,2-15H2,1H3,(H2,20,21,22);1H. The minimum Gasteiger partial charge on any atom is -0.381 e. The van der Waals surface area contributed by atoms with Crippen LogP contribution in [0.4, 0.5) is 0 Å². The van der Waals surface area contributed by atoms with Gasteiger partial charge >= 0.3 is 0 Å². The SMILES string of the molecule is CN=C(NCCCOCC1CCOCC1)NC1CCN(C2CC2)CC1.I. The van der Waals surface area contributed by atoms with Crippen LogP contribution in [0, 0.1) is 5.92 Å². The van der Waals surface area contributed by atoms with E-state index in [0.29, 0.717) is 12.0 Å². The van der Waals surface area contributed by atoms with Crippen molar-refractivity contribution in [3.8, 4) is 0 Å². The Hall–Kier alpha value is -0.120. The summed E-state index contributed by atoms with van der Waals surface area (Å²) in [6.07, 6.45) is 8.60. The normalized spacial score (nSPS) is 23.5. The molecule has 1 aliphatic carbocycles. The number of likely N-dealkylation sites (tertiary alicyclic amines) is 1. The number of halogens is 1. The van der Waals surface area contributed by atoms with Crippen LogP contribution in [-0.2, 0) is 9.47 Å². The summed E-state index contributed by atoms with van der Waals surface area (Å²) in [5.74, 6) is 1.63. The fraction of sp³-hybridized carbons (Fsp3) is 0.947. The van der Waals surface area contributed by atoms with E-state index >= 15 is 0 Å². The molecule has 0 radical (unpaired) electrons. The molecule has 0 spiro atoms. The van der Waals surface area contributed by atoms with E-state index in [9.17, 15) is 0 Å². The Morgan fingerprint density at radius 1 is 1.12 bits per heavy atom. The largest absolute Gasteiger partial charge is 0.381 e. The molecule has 0 amide bonds. The predicted molar refractivity (Wildman–Crippen MR) is 117 cm³/mol. The van der Waals surface area contributed by atoms with E-state index in [4.69, 9.17) is 9.47 Å². The minimum atomic E-state index is 0. The molecule has 2 heterocycles. The van der Waals surface area contributed by atoms with Crippen molar-refractivity contribution in [1.82, 2.24) is 15.5 Å². The van der Waals surface area contributed by atoms with Crippen molar-refractivity contribution >= 4 is 29.9 Å². The van der Waals surface area contributed by atoms with Crippen LogP contribution in [0.3, 0.4) is 0 Å². The number of hydrogen-bond acceptors (Lipinski definition) is 4. The zero-order valence-corrected chi connectivity index (χ0v) is 18.6. The molecular weight excluding hydrogens is 443 g/mol. The summed E-state index contributed by atoms with van der Waals surface area (Å²) in [5, 5.41) is 7.01. The van der Waals surface area contributed by atoms with Gasteiger partial charge in [0.25, 0.3) is 0 Å². The van der Waals surface area contributed by atoms with Crippen LogP contribution in [0.2, 0.25) is 0 Å². The smallest absolute Gasteiger partial charge is 0.191 e. The van der Waals surface area contributed by atoms with Gasteiger partial charge in [-0.2, -0.15) is 0 Å². The number of piperidine rings is 1. The summed E-state index contributed by atoms with van der Waals surface area (Å²) in [5.41, 5.74) is 0. The molecule has 3 aliphatic rings. The van der Waals surface area contributed by atoms with Crippen molar-refractivity contribution < 1.29 is 9.47 Å². The maximum absolute atomic E-state index is 5.82. The second-order valence-electron chi connectivity index (χ2n) is 7.67. The van der Waals surface area contributed by atoms with Crippen LogP contribution < -0.4 is 10.6 Å². The van der Waals surface area contributed by atoms with Gasteiger partial charge < -0.3 is 25.0 Å². The van der Waals surface area contributed by atoms with Crippen LogP contribution in [0.25, 0.3) is 0 Å². The third kappa shape index (κ3) is 7.86. The van der Waals surface area contributed by atoms with Crippen molar-refractivity contribution in [1.29, 1.82) is 0 Å². The summed E-state index contributed by atoms with van der Waals surface area (Å²) < 4.78 is 11.2. The highest BCUT2D eigenvalue weighted by Crippen LogP contribution is 2.29. The van der Waals surface area contributed by atoms with Crippen molar-refractivity contribution in [2.24, 2.45) is 10.9 Å². The molecule has 0 atom stereocenters. The lowest BCUT2D eigenvalue weighted by molar-refractivity contribution is 0.0203. The first-order chi connectivity index (χ1) is 12.3. The van der Waals surface area contributed by atoms with Gasteiger partial charge in [-0.1, -0.05) is 0 Å². The average molecular weight is 480 g/mol. The average Bonchev–Trinajstić information content (AvgIpc) is 3.50. The van der Waals surface area contributed by atoms with Crippen molar-refractivity contribution in [2.45, 2.75) is 57.0 Å². The zero-order valence-electron chi connectivity index (χ0n) is 16.3. The molecule has 3 fully saturated rings. The fourth-order valence-corrected chi connectivity index (χ4v) is 3.78. The van der Waals surface area contributed by atoms with Gasteiger partial charge in [-0.3, -0.25) is 4.99 Å². The highest BCUT2D eigenvalue weighted by Gasteiger charge is 2.31. The number of ether oxygens (including phenoxy) is 2. The van der Waals surface area contributed by atoms with E-state index in [1.54, 1.807) is 0 Å². The molecule has 0 aromatic heterocycles. The number of aliphatic imine (C=N–C) groups is 1. The van der Waals surface area contributed by atoms with Crippen LogP contribution >= 0.6 is 24.0 Å². The first kappa shape index (κ1) is 22.2. The molecule has 7 heteroatoms. The van der Waals surface area contributed by atoms with E-state index in [1.165, 1.54) is 38.8 Å². The van der Waals surface area contributed by atoms with Gasteiger partial charge in [0.2, 0.25) is 0 Å². The summed E-state index contributed by atoms with van der Waals surface area (Å²) in [6.45, 7) is 6.89. The number of nitrogens with one attached hydrogen (secondary N) is 2. The number of hydrogen-bond donors (Lipinski definition) is 2. The van der Waals surface area contributed by atoms with Crippen LogP contribution in [0.1, 0.15) is 44.9 Å². The van der Waals surface area contributed by atoms with Crippen molar-refractivity contribution in [2.75, 3.05) is 53.1 Å². The molecule has 26 heavy (non-hydrogen) atoms. The Bertz CT molecular complexity index is 406. The maximum atomic E-state index is 5.82. The quantitative estimate of drug-likeness (QED) is 0.242. The monoisotopic (exact) mass is 480 g/mol. The van der Waals surface area contributed by atoms with Crippen molar-refractivity contribution in [3.63, 3.8) is 0 Å². The second kappa shape index (κ2) is 12.4. The Morgan fingerprint density at radius 2 is 1.85 bits per heavy atom. The fourth-order valence-electron chi connectivity index (χ4n) is 3.78. The van der Waals surface area contributed by atoms with Gasteiger partial charge in [0.1, 0.15) is 0 Å². The van der Waals surface area contributed by atoms with Gasteiger partial charge in [-0.05, 0) is 50.9 Å². The van der Waals surface area contributed by atoms with Crippen molar-refractivity contribution in [3.05, 3.63) is 0 Å². The Kier molecular flexibility index (Phi) is 10.5. The maximum Gasteiger partial charge on any atom is 0.191 e. The lowest BCUT2D eigenvalue weighted by Crippen LogP contribution is -2.49. The molecule has 0 unspecified atom stereocenters. The highest BCUT2D eigenvalue weighted by atomic mass is 127. The van der Waals surface area contributed by atoms with Gasteiger partial charge in [-0.15, -0.1) is 24.0 Å². The third-order valence-corrected chi connectivity index (χ3v) is 5.61. The van der Waals surface area contributed by atoms with Gasteiger partial charge in [0.05, 0.1) is 0 Å². The van der Waals surface area contributed by atoms with Crippen LogP contribution in [0.5, 0.6) is 0 Å². The van der Waals surface area contributed by atoms with Crippen LogP contribution in [0.15, 0.2) is 4.99 Å². The summed E-state index contributed by atoms with van der Waals surface area (Å²) in [4.78, 5) is 7.02. The predicted octanol–water partition coefficient (Wildman–Crippen LogP) is 2.23. The minimum absolute atomic E-state index is 0. The molecule has 2 N–H and O–H groups in total. The Labute approximate surface area is 175 Å². The lowest BCUT2D eigenvalue weighted by atomic mass is 10.0. The van der Waals surface area contributed by atoms with Gasteiger partial charge in [0.15, 0.2) is 5.96 Å². The molecule has 0 aromatic carbocycles. The topological polar surface area (TPSA) is 58.1 Å². The third-order valence-electron chi connectivity index (χ3n) is 5.61. The van der Waals surface area contributed by atoms with E-state index in [-0.39, 0.29) is 24.0 Å². The first-order valence-electron chi connectivity index (χ1n) is 10.2. The van der Waals surface area contributed by atoms with Gasteiger partial charge in [-0.25, -0.2) is 0 Å².